The summed E-state index contributed by atoms with van der Waals surface area (Å²) in [6, 6.07) is 4.22. The molecule has 9 N–H and O–H groups in total. The number of hydrogen-bond donors (Lipinski definition) is 9. The fourth-order valence-corrected chi connectivity index (χ4v) is 12.0. The van der Waals surface area contributed by atoms with Gasteiger partial charge in [0.25, 0.3) is 0 Å². The molecule has 2 aromatic rings. The number of carbonyl (C=O) groups excluding carboxylic acids is 3. The number of ether oxygens (including phenoxy) is 13. The van der Waals surface area contributed by atoms with Crippen molar-refractivity contribution in [2.45, 2.75) is 248 Å². The number of ketones is 2. The van der Waals surface area contributed by atoms with E-state index >= 15 is 4.79 Å². The van der Waals surface area contributed by atoms with Gasteiger partial charge in [0.1, 0.15) is 65.6 Å². The number of methoxy groups -OCH3 is 2. The first-order valence-electron chi connectivity index (χ1n) is 27.8. The predicted molar refractivity (Wildman–Crippen MR) is 277 cm³/mol. The average Bonchev–Trinajstić information content (AvgIpc) is 3.42. The van der Waals surface area contributed by atoms with Gasteiger partial charge in [0, 0.05) is 58.3 Å². The number of phenolic OH excluding ortho intramolecular Hbond substituents is 2. The Morgan fingerprint density at radius 3 is 1.74 bits per heavy atom. The minimum Gasteiger partial charge on any atom is -0.507 e. The van der Waals surface area contributed by atoms with Gasteiger partial charge in [0.2, 0.25) is 6.29 Å². The van der Waals surface area contributed by atoms with Crippen molar-refractivity contribution in [3.63, 3.8) is 0 Å². The minimum atomic E-state index is -1.95. The fraction of sp³-hybridized carbons (Fsp3) is 0.768. The van der Waals surface area contributed by atoms with Crippen LogP contribution in [-0.4, -0.2) is 225 Å². The predicted octanol–water partition coefficient (Wildman–Crippen LogP) is 1.30. The van der Waals surface area contributed by atoms with Crippen LogP contribution < -0.4 is 4.74 Å². The number of benzene rings is 2. The normalized spacial score (nSPS) is 40.6. The lowest BCUT2D eigenvalue weighted by Gasteiger charge is -2.47. The van der Waals surface area contributed by atoms with E-state index in [1.54, 1.807) is 41.5 Å². The number of esters is 1. The van der Waals surface area contributed by atoms with E-state index in [2.05, 4.69) is 0 Å². The van der Waals surface area contributed by atoms with Gasteiger partial charge >= 0.3 is 5.97 Å². The first-order chi connectivity index (χ1) is 38.1. The van der Waals surface area contributed by atoms with Crippen LogP contribution in [0.15, 0.2) is 18.2 Å². The summed E-state index contributed by atoms with van der Waals surface area (Å²) >= 11 is 0. The molecule has 0 radical (unpaired) electrons. The maximum absolute atomic E-state index is 15.0. The summed E-state index contributed by atoms with van der Waals surface area (Å²) in [6.07, 6.45) is -25.7. The highest BCUT2D eigenvalue weighted by molar-refractivity contribution is 6.11. The van der Waals surface area contributed by atoms with Crippen molar-refractivity contribution >= 4 is 28.3 Å². The number of hydrogen-bond acceptors (Lipinski definition) is 25. The Morgan fingerprint density at radius 1 is 0.691 bits per heavy atom. The molecule has 8 rings (SSSR count). The van der Waals surface area contributed by atoms with Crippen molar-refractivity contribution < 1.29 is 122 Å². The van der Waals surface area contributed by atoms with Crippen molar-refractivity contribution in [1.82, 2.24) is 0 Å². The van der Waals surface area contributed by atoms with Gasteiger partial charge in [-0.25, -0.2) is 0 Å². The highest BCUT2D eigenvalue weighted by atomic mass is 16.7. The summed E-state index contributed by atoms with van der Waals surface area (Å²) in [4.78, 5) is 41.4. The lowest BCUT2D eigenvalue weighted by atomic mass is 9.75. The third kappa shape index (κ3) is 13.7. The molecular weight excluding hydrogens is 1070 g/mol. The average molecular weight is 1160 g/mol. The summed E-state index contributed by atoms with van der Waals surface area (Å²) in [7, 11) is 2.65. The third-order valence-corrected chi connectivity index (χ3v) is 16.4. The fourth-order valence-electron chi connectivity index (χ4n) is 12.0. The van der Waals surface area contributed by atoms with Crippen molar-refractivity contribution in [2.24, 2.45) is 11.8 Å². The number of rotatable bonds is 18. The molecule has 456 valence electrons. The first kappa shape index (κ1) is 63.2. The van der Waals surface area contributed by atoms with Crippen LogP contribution in [0, 0.1) is 11.8 Å². The van der Waals surface area contributed by atoms with Gasteiger partial charge in [0.05, 0.1) is 77.9 Å². The number of aromatic hydroxyl groups is 2. The van der Waals surface area contributed by atoms with Gasteiger partial charge in [-0.15, -0.1) is 0 Å². The molecule has 1 aliphatic carbocycles. The van der Waals surface area contributed by atoms with Gasteiger partial charge in [-0.3, -0.25) is 14.4 Å². The monoisotopic (exact) mass is 1150 g/mol. The second kappa shape index (κ2) is 25.8. The molecule has 0 unspecified atom stereocenters. The molecule has 2 aromatic carbocycles. The zero-order valence-corrected chi connectivity index (χ0v) is 47.5. The van der Waals surface area contributed by atoms with E-state index in [9.17, 15) is 55.5 Å². The maximum atomic E-state index is 15.0. The highest BCUT2D eigenvalue weighted by Crippen LogP contribution is 2.46. The smallest absolute Gasteiger partial charge is 0.308 e. The molecule has 5 aliphatic heterocycles. The number of aliphatic hydroxyl groups excluding tert-OH is 6. The molecule has 5 saturated heterocycles. The summed E-state index contributed by atoms with van der Waals surface area (Å²) in [5, 5.41) is 101. The third-order valence-electron chi connectivity index (χ3n) is 16.4. The van der Waals surface area contributed by atoms with Crippen LogP contribution in [0.4, 0.5) is 0 Å². The van der Waals surface area contributed by atoms with Gasteiger partial charge in [-0.2, -0.15) is 0 Å². The van der Waals surface area contributed by atoms with Crippen LogP contribution in [0.25, 0.3) is 10.8 Å². The summed E-state index contributed by atoms with van der Waals surface area (Å²) < 4.78 is 78.1. The Morgan fingerprint density at radius 2 is 1.21 bits per heavy atom. The quantitative estimate of drug-likeness (QED) is 0.0950. The molecule has 0 saturated carbocycles. The second-order valence-corrected chi connectivity index (χ2v) is 23.1. The molecule has 25 atom stereocenters. The molecule has 0 amide bonds. The van der Waals surface area contributed by atoms with Crippen molar-refractivity contribution in [1.29, 1.82) is 0 Å². The van der Waals surface area contributed by atoms with Gasteiger partial charge in [0.15, 0.2) is 42.8 Å². The Bertz CT molecular complexity index is 2500. The van der Waals surface area contributed by atoms with Crippen LogP contribution in [0.5, 0.6) is 17.2 Å². The molecular formula is C56H82O25. The Labute approximate surface area is 469 Å². The Kier molecular flexibility index (Phi) is 20.1. The van der Waals surface area contributed by atoms with E-state index < -0.39 is 188 Å². The number of fused-ring (bicyclic) bond motifs is 2. The Balaban J connectivity index is 1.01. The molecule has 25 nitrogen and oxygen atoms in total. The molecule has 0 spiro atoms. The van der Waals surface area contributed by atoms with Gasteiger partial charge < -0.3 is 108 Å². The van der Waals surface area contributed by atoms with Crippen molar-refractivity contribution in [3.05, 3.63) is 29.3 Å². The lowest BCUT2D eigenvalue weighted by molar-refractivity contribution is -0.334. The number of aliphatic hydroxyl groups is 7. The highest BCUT2D eigenvalue weighted by Gasteiger charge is 2.52. The molecule has 5 heterocycles. The summed E-state index contributed by atoms with van der Waals surface area (Å²) in [5.41, 5.74) is -1.63. The zero-order valence-electron chi connectivity index (χ0n) is 47.5. The van der Waals surface area contributed by atoms with Crippen LogP contribution in [-0.2, 0) is 72.9 Å². The minimum absolute atomic E-state index is 0.00785. The number of phenols is 2. The Hall–Kier alpha value is -3.81. The first-order valence-corrected chi connectivity index (χ1v) is 27.8. The van der Waals surface area contributed by atoms with E-state index in [4.69, 9.17) is 61.6 Å². The second-order valence-electron chi connectivity index (χ2n) is 23.1. The van der Waals surface area contributed by atoms with E-state index in [1.807, 2.05) is 0 Å². The number of carbonyl (C=O) groups is 3. The topological polar surface area (TPSA) is 353 Å². The molecule has 5 fully saturated rings. The molecule has 0 bridgehead atoms. The van der Waals surface area contributed by atoms with E-state index in [1.165, 1.54) is 53.2 Å². The van der Waals surface area contributed by atoms with Crippen molar-refractivity contribution in [2.75, 3.05) is 14.2 Å². The maximum Gasteiger partial charge on any atom is 0.308 e. The number of Topliss-reactive ketones (excluding diaryl/α,β-unsaturated/α-hetero) is 2. The summed E-state index contributed by atoms with van der Waals surface area (Å²) in [6.45, 7) is 14.2. The largest absolute Gasteiger partial charge is 0.507 e. The van der Waals surface area contributed by atoms with Crippen LogP contribution >= 0.6 is 0 Å². The standard InChI is InChI=1S/C56H82O25/c1-21(2)55(67)81-54-27(8)75-41(20-56(54,9)68)79-36-18-39(72-24(5)47(36)63)78-35-19-40(73-25(6)46(35)62)80-53-31(52(70-11)50(66)44(60)22(3)57)14-29-12-28-13-30(15-32(58)42(28)48(64)43(29)49(53)65)76-38-17-34(45(61)23(4)71-38)77-37-16-33(59)51(69-10)26(7)74-37/h12-13,15,21-27,31,33-41,44-47,51-54,57-64,68H,14,16-20H2,1-11H3/t22-,23-,24-,25-,26-,27+,31+,33-,34-,35-,36-,37-,38+,39+,40+,41+,44+,45+,46-,47-,51+,52+,53+,54+,56+/m1/s1. The SMILES string of the molecule is CO[C@@H]1[C@H](O)C[C@@H](O[C@@H]2C[C@H](Oc3cc(O)c4c(O)c5c(cc4c3)C[C@@H]([C@H](OC)C(=O)[C@@H](O)[C@@H](C)O)[C@H](O[C@H]3C[C@@H](O[C@H]4C[C@@H](O[C@H]6C[C@](C)(O)[C@@H](OC(=O)C(C)C)[C@H](C)O6)[C@H](O)[C@@H](C)O4)[C@H](O)[C@@H](C)O3)C5=O)O[C@H](C)[C@@H]2O)O[C@@H]1C. The van der Waals surface area contributed by atoms with Crippen LogP contribution in [0.2, 0.25) is 0 Å². The molecule has 6 aliphatic rings. The molecule has 81 heavy (non-hydrogen) atoms. The van der Waals surface area contributed by atoms with E-state index in [0.29, 0.717) is 0 Å². The van der Waals surface area contributed by atoms with Gasteiger partial charge in [-0.05, 0) is 78.0 Å². The van der Waals surface area contributed by atoms with E-state index in [-0.39, 0.29) is 66.2 Å². The van der Waals surface area contributed by atoms with Crippen LogP contribution in [0.1, 0.15) is 110 Å². The van der Waals surface area contributed by atoms with Gasteiger partial charge in [-0.1, -0.05) is 13.8 Å². The van der Waals surface area contributed by atoms with Crippen molar-refractivity contribution in [3.8, 4) is 17.2 Å². The van der Waals surface area contributed by atoms with E-state index in [0.717, 1.165) is 0 Å². The van der Waals surface area contributed by atoms with Crippen LogP contribution in [0.3, 0.4) is 0 Å². The molecule has 0 aromatic heterocycles. The zero-order chi connectivity index (χ0) is 59.3. The molecule has 25 heteroatoms. The lowest BCUT2D eigenvalue weighted by Crippen LogP contribution is -2.59. The summed E-state index contributed by atoms with van der Waals surface area (Å²) in [5.74, 6) is -5.10.